The second-order valence-corrected chi connectivity index (χ2v) is 7.85. The van der Waals surface area contributed by atoms with Crippen molar-refractivity contribution >= 4 is 17.7 Å². The van der Waals surface area contributed by atoms with Gasteiger partial charge in [-0.05, 0) is 40.5 Å². The molecule has 0 aliphatic carbocycles. The molecular weight excluding hydrogens is 327 g/mol. The summed E-state index contributed by atoms with van der Waals surface area (Å²) in [6.07, 6.45) is 0.427. The highest BCUT2D eigenvalue weighted by Gasteiger charge is 2.38. The maximum atomic E-state index is 13.2. The molecule has 0 aromatic carbocycles. The molecule has 0 spiro atoms. The molecule has 1 N–H and O–H groups in total. The molecule has 3 amide bonds. The van der Waals surface area contributed by atoms with Crippen LogP contribution in [0.2, 0.25) is 0 Å². The molecule has 0 radical (unpaired) electrons. The summed E-state index contributed by atoms with van der Waals surface area (Å²) in [5.41, 5.74) is -0.657. The topological polar surface area (TPSA) is 75.7 Å². The largest absolute Gasteiger partial charge is 0.375 e. The predicted octanol–water partition coefficient (Wildman–Crippen LogP) is 2.35. The minimum Gasteiger partial charge on any atom is -0.375 e. The van der Waals surface area contributed by atoms with Crippen LogP contribution in [0.1, 0.15) is 66.7 Å². The number of carbonyl (C=O) groups excluding carboxylic acids is 3. The summed E-state index contributed by atoms with van der Waals surface area (Å²) in [4.78, 5) is 35.9. The molecule has 1 heterocycles. The zero-order valence-corrected chi connectivity index (χ0v) is 16.0. The van der Waals surface area contributed by atoms with Crippen LogP contribution < -0.4 is 5.32 Å². The number of hydrogen-bond donors (Lipinski definition) is 1. The van der Waals surface area contributed by atoms with E-state index in [1.165, 1.54) is 0 Å². The van der Waals surface area contributed by atoms with Gasteiger partial charge in [-0.3, -0.25) is 19.3 Å². The van der Waals surface area contributed by atoms with Crippen LogP contribution in [0.15, 0.2) is 0 Å². The Morgan fingerprint density at radius 3 is 2.44 bits per heavy atom. The molecule has 1 fully saturated rings. The van der Waals surface area contributed by atoms with Crippen molar-refractivity contribution < 1.29 is 23.5 Å². The van der Waals surface area contributed by atoms with E-state index < -0.39 is 29.9 Å². The summed E-state index contributed by atoms with van der Waals surface area (Å²) in [7, 11) is 0. The molecule has 1 aliphatic heterocycles. The maximum absolute atomic E-state index is 13.2. The van der Waals surface area contributed by atoms with Gasteiger partial charge in [0.1, 0.15) is 0 Å². The molecule has 0 aromatic rings. The highest BCUT2D eigenvalue weighted by atomic mass is 19.1. The number of nitrogens with zero attached hydrogens (tertiary/aromatic N) is 1. The van der Waals surface area contributed by atoms with Crippen LogP contribution in [0, 0.1) is 0 Å². The lowest BCUT2D eigenvalue weighted by atomic mass is 10.00. The Bertz CT molecular complexity index is 505. The highest BCUT2D eigenvalue weighted by molar-refractivity contribution is 6.05. The van der Waals surface area contributed by atoms with E-state index in [9.17, 15) is 18.8 Å². The molecule has 1 rings (SSSR count). The minimum atomic E-state index is -1.77. The van der Waals surface area contributed by atoms with E-state index in [-0.39, 0.29) is 24.5 Å². The number of nitrogens with one attached hydrogen (secondary N) is 1. The van der Waals surface area contributed by atoms with E-state index in [0.717, 1.165) is 17.7 Å². The van der Waals surface area contributed by atoms with E-state index >= 15 is 0 Å². The number of imide groups is 1. The van der Waals surface area contributed by atoms with E-state index in [1.807, 2.05) is 27.7 Å². The van der Waals surface area contributed by atoms with Crippen LogP contribution in [0.5, 0.6) is 0 Å². The van der Waals surface area contributed by atoms with Gasteiger partial charge in [-0.15, -0.1) is 0 Å². The number of hydrogen-bond acceptors (Lipinski definition) is 4. The fourth-order valence-corrected chi connectivity index (χ4v) is 2.85. The van der Waals surface area contributed by atoms with Crippen molar-refractivity contribution in [2.24, 2.45) is 0 Å². The Morgan fingerprint density at radius 2 is 1.92 bits per heavy atom. The monoisotopic (exact) mass is 358 g/mol. The number of rotatable bonds is 10. The van der Waals surface area contributed by atoms with E-state index in [4.69, 9.17) is 4.74 Å². The first-order chi connectivity index (χ1) is 11.5. The highest BCUT2D eigenvalue weighted by Crippen LogP contribution is 2.19. The van der Waals surface area contributed by atoms with Gasteiger partial charge in [0.05, 0.1) is 12.0 Å². The Labute approximate surface area is 149 Å². The minimum absolute atomic E-state index is 0.0319. The summed E-state index contributed by atoms with van der Waals surface area (Å²) in [5, 5.41) is 2.88. The van der Waals surface area contributed by atoms with Gasteiger partial charge in [-0.2, -0.15) is 0 Å². The van der Waals surface area contributed by atoms with Crippen molar-refractivity contribution in [1.82, 2.24) is 10.2 Å². The zero-order chi connectivity index (χ0) is 19.3. The summed E-state index contributed by atoms with van der Waals surface area (Å²) >= 11 is 0. The number of alkyl halides is 1. The van der Waals surface area contributed by atoms with Crippen LogP contribution in [-0.2, 0) is 19.1 Å². The van der Waals surface area contributed by atoms with E-state index in [1.54, 1.807) is 0 Å². The second-order valence-electron chi connectivity index (χ2n) is 7.85. The van der Waals surface area contributed by atoms with Crippen molar-refractivity contribution in [2.75, 3.05) is 13.2 Å². The van der Waals surface area contributed by atoms with Gasteiger partial charge in [0.25, 0.3) is 5.91 Å². The van der Waals surface area contributed by atoms with E-state index in [0.29, 0.717) is 13.0 Å². The van der Waals surface area contributed by atoms with Crippen molar-refractivity contribution in [2.45, 2.75) is 84.0 Å². The Hall–Kier alpha value is -1.50. The number of likely N-dealkylation sites (tertiary alicyclic amines) is 1. The first-order valence-corrected chi connectivity index (χ1v) is 8.91. The van der Waals surface area contributed by atoms with E-state index in [2.05, 4.69) is 12.2 Å². The molecule has 1 saturated heterocycles. The third kappa shape index (κ3) is 7.10. The van der Waals surface area contributed by atoms with Gasteiger partial charge in [-0.1, -0.05) is 13.3 Å². The molecule has 1 unspecified atom stereocenters. The molecule has 7 heteroatoms. The molecule has 6 nitrogen and oxygen atoms in total. The lowest BCUT2D eigenvalue weighted by molar-refractivity contribution is -0.140. The van der Waals surface area contributed by atoms with Crippen LogP contribution >= 0.6 is 0 Å². The molecule has 0 saturated carbocycles. The van der Waals surface area contributed by atoms with Crippen molar-refractivity contribution in [3.63, 3.8) is 0 Å². The van der Waals surface area contributed by atoms with Crippen molar-refractivity contribution in [1.29, 1.82) is 0 Å². The van der Waals surface area contributed by atoms with Gasteiger partial charge in [-0.25, -0.2) is 4.39 Å². The maximum Gasteiger partial charge on any atom is 0.264 e. The molecule has 25 heavy (non-hydrogen) atoms. The Morgan fingerprint density at radius 1 is 1.28 bits per heavy atom. The number of carbonyl (C=O) groups is 3. The Balaban J connectivity index is 2.37. The standard InChI is InChI=1S/C18H31FN2O4/c1-6-8-18(4,5)25-11-9-17(2,3)20-14(22)7-10-21-15(23)12-13(19)16(21)24/h13H,6-12H2,1-5H3,(H,20,22). The van der Waals surface area contributed by atoms with Crippen LogP contribution in [0.25, 0.3) is 0 Å². The molecule has 0 bridgehead atoms. The average Bonchev–Trinajstić information content (AvgIpc) is 2.69. The fraction of sp³-hybridized carbons (Fsp3) is 0.833. The molecule has 144 valence electrons. The third-order valence-electron chi connectivity index (χ3n) is 4.30. The first-order valence-electron chi connectivity index (χ1n) is 8.91. The lowest BCUT2D eigenvalue weighted by Gasteiger charge is -2.30. The predicted molar refractivity (Wildman–Crippen MR) is 92.6 cm³/mol. The summed E-state index contributed by atoms with van der Waals surface area (Å²) in [6.45, 7) is 10.4. The van der Waals surface area contributed by atoms with Gasteiger partial charge >= 0.3 is 0 Å². The SMILES string of the molecule is CCCC(C)(C)OCCC(C)(C)NC(=O)CCN1C(=O)CC(F)C1=O. The number of amides is 3. The van der Waals surface area contributed by atoms with Gasteiger partial charge in [0.2, 0.25) is 11.8 Å². The van der Waals surface area contributed by atoms with Gasteiger partial charge in [0.15, 0.2) is 6.17 Å². The van der Waals surface area contributed by atoms with Gasteiger partial charge in [0, 0.05) is 25.1 Å². The first kappa shape index (κ1) is 21.5. The van der Waals surface area contributed by atoms with Crippen molar-refractivity contribution in [3.05, 3.63) is 0 Å². The van der Waals surface area contributed by atoms with Crippen LogP contribution in [0.3, 0.4) is 0 Å². The molecular formula is C18H31FN2O4. The molecule has 1 aliphatic rings. The third-order valence-corrected chi connectivity index (χ3v) is 4.30. The average molecular weight is 358 g/mol. The van der Waals surface area contributed by atoms with Crippen LogP contribution in [0.4, 0.5) is 4.39 Å². The number of ether oxygens (including phenoxy) is 1. The Kier molecular flexibility index (Phi) is 7.53. The summed E-state index contributed by atoms with van der Waals surface area (Å²) in [5.74, 6) is -1.68. The summed E-state index contributed by atoms with van der Waals surface area (Å²) < 4.78 is 19.1. The van der Waals surface area contributed by atoms with Crippen molar-refractivity contribution in [3.8, 4) is 0 Å². The quantitative estimate of drug-likeness (QED) is 0.608. The number of halogens is 1. The zero-order valence-electron chi connectivity index (χ0n) is 16.0. The van der Waals surface area contributed by atoms with Gasteiger partial charge < -0.3 is 10.1 Å². The molecule has 1 atom stereocenters. The van der Waals surface area contributed by atoms with Crippen LogP contribution in [-0.4, -0.2) is 53.1 Å². The smallest absolute Gasteiger partial charge is 0.264 e. The lowest BCUT2D eigenvalue weighted by Crippen LogP contribution is -2.46. The fourth-order valence-electron chi connectivity index (χ4n) is 2.85. The normalized spacial score (nSPS) is 18.8. The summed E-state index contributed by atoms with van der Waals surface area (Å²) in [6, 6.07) is 0. The second kappa shape index (κ2) is 8.74. The molecule has 0 aromatic heterocycles.